The van der Waals surface area contributed by atoms with Crippen LogP contribution in [0.3, 0.4) is 0 Å². The number of aromatic nitrogens is 1. The van der Waals surface area contributed by atoms with E-state index >= 15 is 0 Å². The summed E-state index contributed by atoms with van der Waals surface area (Å²) in [5.74, 6) is -1.84. The van der Waals surface area contributed by atoms with E-state index in [4.69, 9.17) is 0 Å². The van der Waals surface area contributed by atoms with Crippen molar-refractivity contribution in [2.45, 2.75) is 6.92 Å². The minimum Gasteiger partial charge on any atom is -0.255 e. The fourth-order valence-electron chi connectivity index (χ4n) is 1.39. The van der Waals surface area contributed by atoms with Crippen LogP contribution in [0, 0.1) is 11.6 Å². The van der Waals surface area contributed by atoms with Crippen molar-refractivity contribution in [2.24, 2.45) is 4.99 Å². The van der Waals surface area contributed by atoms with Crippen molar-refractivity contribution in [3.63, 3.8) is 0 Å². The lowest BCUT2D eigenvalue weighted by atomic mass is 10.2. The zero-order valence-electron chi connectivity index (χ0n) is 9.19. The molecule has 1 aromatic heterocycles. The molecule has 0 saturated carbocycles. The summed E-state index contributed by atoms with van der Waals surface area (Å²) in [4.78, 5) is 8.11. The maximum Gasteiger partial charge on any atom is 0.184 e. The Morgan fingerprint density at radius 2 is 1.94 bits per heavy atom. The summed E-state index contributed by atoms with van der Waals surface area (Å²) in [6, 6.07) is 9.25. The molecule has 0 unspecified atom stereocenters. The second-order valence-corrected chi connectivity index (χ2v) is 3.49. The largest absolute Gasteiger partial charge is 0.255 e. The third-order valence-electron chi connectivity index (χ3n) is 2.25. The zero-order chi connectivity index (χ0) is 12.3. The topological polar surface area (TPSA) is 25.2 Å². The molecule has 1 heterocycles. The van der Waals surface area contributed by atoms with Gasteiger partial charge in [-0.1, -0.05) is 12.1 Å². The van der Waals surface area contributed by atoms with Crippen LogP contribution in [0.5, 0.6) is 0 Å². The molecule has 2 rings (SSSR count). The van der Waals surface area contributed by atoms with Crippen molar-refractivity contribution < 1.29 is 8.78 Å². The van der Waals surface area contributed by atoms with Crippen LogP contribution >= 0.6 is 0 Å². The summed E-state index contributed by atoms with van der Waals surface area (Å²) in [5.41, 5.74) is 1.15. The molecule has 0 aliphatic heterocycles. The molecule has 0 spiro atoms. The van der Waals surface area contributed by atoms with E-state index in [0.717, 1.165) is 6.07 Å². The van der Waals surface area contributed by atoms with Crippen molar-refractivity contribution in [1.82, 2.24) is 4.98 Å². The van der Waals surface area contributed by atoms with Crippen LogP contribution in [0.2, 0.25) is 0 Å². The van der Waals surface area contributed by atoms with Gasteiger partial charge in [-0.15, -0.1) is 0 Å². The Kier molecular flexibility index (Phi) is 3.23. The normalized spacial score (nSPS) is 11.6. The second-order valence-electron chi connectivity index (χ2n) is 3.49. The van der Waals surface area contributed by atoms with Crippen molar-refractivity contribution in [3.8, 4) is 0 Å². The lowest BCUT2D eigenvalue weighted by Gasteiger charge is -2.01. The van der Waals surface area contributed by atoms with Gasteiger partial charge in [0.25, 0.3) is 0 Å². The fraction of sp³-hybridized carbons (Fsp3) is 0.0769. The van der Waals surface area contributed by atoms with Gasteiger partial charge in [-0.3, -0.25) is 4.98 Å². The van der Waals surface area contributed by atoms with Gasteiger partial charge in [0, 0.05) is 6.20 Å². The second kappa shape index (κ2) is 4.82. The Hall–Kier alpha value is -2.10. The minimum atomic E-state index is -0.942. The molecular formula is C13H10F2N2. The Morgan fingerprint density at radius 1 is 1.12 bits per heavy atom. The van der Waals surface area contributed by atoms with E-state index in [1.165, 1.54) is 12.1 Å². The van der Waals surface area contributed by atoms with Crippen molar-refractivity contribution in [3.05, 3.63) is 59.9 Å². The number of hydrogen-bond acceptors (Lipinski definition) is 2. The number of nitrogens with zero attached hydrogens (tertiary/aromatic N) is 2. The van der Waals surface area contributed by atoms with E-state index in [2.05, 4.69) is 9.98 Å². The van der Waals surface area contributed by atoms with E-state index in [1.54, 1.807) is 25.3 Å². The molecule has 0 saturated heterocycles. The van der Waals surface area contributed by atoms with E-state index in [9.17, 15) is 8.78 Å². The molecule has 0 aliphatic carbocycles. The van der Waals surface area contributed by atoms with Crippen molar-refractivity contribution in [2.75, 3.05) is 0 Å². The van der Waals surface area contributed by atoms with Crippen LogP contribution in [0.15, 0.2) is 47.6 Å². The average molecular weight is 232 g/mol. The first-order chi connectivity index (χ1) is 8.18. The fourth-order valence-corrected chi connectivity index (χ4v) is 1.39. The van der Waals surface area contributed by atoms with Crippen LogP contribution < -0.4 is 0 Å². The first-order valence-corrected chi connectivity index (χ1v) is 5.09. The van der Waals surface area contributed by atoms with Gasteiger partial charge in [-0.05, 0) is 31.2 Å². The number of aliphatic imine (C=N–C) groups is 1. The summed E-state index contributed by atoms with van der Waals surface area (Å²) in [5, 5.41) is 0. The molecule has 0 radical (unpaired) electrons. The number of rotatable bonds is 2. The maximum absolute atomic E-state index is 13.4. The maximum atomic E-state index is 13.4. The molecule has 0 atom stereocenters. The molecule has 86 valence electrons. The smallest absolute Gasteiger partial charge is 0.184 e. The molecule has 17 heavy (non-hydrogen) atoms. The predicted molar refractivity (Wildman–Crippen MR) is 62.5 cm³/mol. The molecule has 0 amide bonds. The molecule has 0 aliphatic rings. The van der Waals surface area contributed by atoms with Crippen LogP contribution in [0.1, 0.15) is 12.6 Å². The highest BCUT2D eigenvalue weighted by molar-refractivity contribution is 5.98. The predicted octanol–water partition coefficient (Wildman–Crippen LogP) is 3.50. The lowest BCUT2D eigenvalue weighted by molar-refractivity contribution is 0.510. The van der Waals surface area contributed by atoms with Gasteiger partial charge in [0.15, 0.2) is 11.6 Å². The molecule has 0 bridgehead atoms. The lowest BCUT2D eigenvalue weighted by Crippen LogP contribution is -1.97. The number of pyridine rings is 1. The van der Waals surface area contributed by atoms with Crippen LogP contribution in [0.25, 0.3) is 0 Å². The molecule has 1 aromatic carbocycles. The van der Waals surface area contributed by atoms with Gasteiger partial charge in [-0.25, -0.2) is 13.8 Å². The van der Waals surface area contributed by atoms with E-state index < -0.39 is 11.6 Å². The Morgan fingerprint density at radius 3 is 2.65 bits per heavy atom. The SMILES string of the molecule is CC(=Nc1cccc(F)c1F)c1ccccn1. The van der Waals surface area contributed by atoms with Crippen LogP contribution in [0.4, 0.5) is 14.5 Å². The third kappa shape index (κ3) is 2.53. The zero-order valence-corrected chi connectivity index (χ0v) is 9.19. The van der Waals surface area contributed by atoms with E-state index in [0.29, 0.717) is 11.4 Å². The highest BCUT2D eigenvalue weighted by Gasteiger charge is 2.07. The highest BCUT2D eigenvalue weighted by atomic mass is 19.2. The Balaban J connectivity index is 2.40. The molecular weight excluding hydrogens is 222 g/mol. The van der Waals surface area contributed by atoms with Gasteiger partial charge < -0.3 is 0 Å². The van der Waals surface area contributed by atoms with Crippen LogP contribution in [-0.2, 0) is 0 Å². The average Bonchev–Trinajstić information content (AvgIpc) is 2.36. The molecule has 0 N–H and O–H groups in total. The van der Waals surface area contributed by atoms with Gasteiger partial charge in [-0.2, -0.15) is 0 Å². The summed E-state index contributed by atoms with van der Waals surface area (Å²) < 4.78 is 26.3. The van der Waals surface area contributed by atoms with Crippen molar-refractivity contribution >= 4 is 11.4 Å². The molecule has 4 heteroatoms. The van der Waals surface area contributed by atoms with Crippen molar-refractivity contribution in [1.29, 1.82) is 0 Å². The Labute approximate surface area is 97.7 Å². The van der Waals surface area contributed by atoms with Gasteiger partial charge in [0.2, 0.25) is 0 Å². The monoisotopic (exact) mass is 232 g/mol. The number of benzene rings is 1. The van der Waals surface area contributed by atoms with E-state index in [1.807, 2.05) is 6.07 Å². The third-order valence-corrected chi connectivity index (χ3v) is 2.25. The summed E-state index contributed by atoms with van der Waals surface area (Å²) >= 11 is 0. The first kappa shape index (κ1) is 11.4. The van der Waals surface area contributed by atoms with Gasteiger partial charge in [0.1, 0.15) is 5.69 Å². The van der Waals surface area contributed by atoms with Gasteiger partial charge >= 0.3 is 0 Å². The summed E-state index contributed by atoms with van der Waals surface area (Å²) in [6.45, 7) is 1.70. The molecule has 2 aromatic rings. The molecule has 0 fully saturated rings. The number of hydrogen-bond donors (Lipinski definition) is 0. The van der Waals surface area contributed by atoms with E-state index in [-0.39, 0.29) is 5.69 Å². The number of halogens is 2. The highest BCUT2D eigenvalue weighted by Crippen LogP contribution is 2.20. The minimum absolute atomic E-state index is 0.0202. The van der Waals surface area contributed by atoms with Crippen LogP contribution in [-0.4, -0.2) is 10.7 Å². The van der Waals surface area contributed by atoms with Gasteiger partial charge in [0.05, 0.1) is 11.4 Å². The summed E-state index contributed by atoms with van der Waals surface area (Å²) in [7, 11) is 0. The Bertz CT molecular complexity index is 551. The molecule has 2 nitrogen and oxygen atoms in total. The first-order valence-electron chi connectivity index (χ1n) is 5.09. The quantitative estimate of drug-likeness (QED) is 0.727. The standard InChI is InChI=1S/C13H10F2N2/c1-9(11-6-2-3-8-16-11)17-12-7-4-5-10(14)13(12)15/h2-8H,1H3. The summed E-state index contributed by atoms with van der Waals surface area (Å²) in [6.07, 6.45) is 1.62.